The molecule has 74 valence electrons. The standard InChI is InChI=1S/C11H12O3/c1-4-8-6-5-7-9(10(8)13-2)11(12)14-3/h4-7H,1H2,2-3H3. The number of esters is 1. The Hall–Kier alpha value is -1.77. The molecule has 1 aromatic rings. The highest BCUT2D eigenvalue weighted by Crippen LogP contribution is 2.25. The van der Waals surface area contributed by atoms with E-state index in [1.54, 1.807) is 18.2 Å². The van der Waals surface area contributed by atoms with E-state index in [1.165, 1.54) is 14.2 Å². The van der Waals surface area contributed by atoms with Gasteiger partial charge in [-0.05, 0) is 6.07 Å². The largest absolute Gasteiger partial charge is 0.495 e. The van der Waals surface area contributed by atoms with Crippen LogP contribution in [-0.2, 0) is 4.74 Å². The minimum Gasteiger partial charge on any atom is -0.495 e. The number of rotatable bonds is 3. The summed E-state index contributed by atoms with van der Waals surface area (Å²) in [5.74, 6) is 0.0832. The Balaban J connectivity index is 3.28. The summed E-state index contributed by atoms with van der Waals surface area (Å²) in [6.07, 6.45) is 1.63. The molecule has 14 heavy (non-hydrogen) atoms. The van der Waals surface area contributed by atoms with Crippen LogP contribution in [0, 0.1) is 0 Å². The summed E-state index contributed by atoms with van der Waals surface area (Å²) < 4.78 is 9.74. The predicted molar refractivity (Wildman–Crippen MR) is 54.4 cm³/mol. The Labute approximate surface area is 83.0 Å². The third kappa shape index (κ3) is 1.76. The highest BCUT2D eigenvalue weighted by Gasteiger charge is 2.13. The molecular formula is C11H12O3. The van der Waals surface area contributed by atoms with Gasteiger partial charge in [0.1, 0.15) is 11.3 Å². The van der Waals surface area contributed by atoms with Crippen LogP contribution in [0.15, 0.2) is 24.8 Å². The van der Waals surface area contributed by atoms with Crippen LogP contribution in [0.1, 0.15) is 15.9 Å². The second-order valence-corrected chi connectivity index (χ2v) is 2.62. The van der Waals surface area contributed by atoms with Gasteiger partial charge in [0, 0.05) is 5.56 Å². The lowest BCUT2D eigenvalue weighted by molar-refractivity contribution is 0.0597. The monoisotopic (exact) mass is 192 g/mol. The zero-order valence-electron chi connectivity index (χ0n) is 8.24. The lowest BCUT2D eigenvalue weighted by Gasteiger charge is -2.09. The van der Waals surface area contributed by atoms with Gasteiger partial charge in [-0.2, -0.15) is 0 Å². The molecule has 0 amide bonds. The molecule has 0 aliphatic rings. The van der Waals surface area contributed by atoms with Crippen molar-refractivity contribution in [2.45, 2.75) is 0 Å². The number of para-hydroxylation sites is 1. The van der Waals surface area contributed by atoms with Crippen molar-refractivity contribution in [2.24, 2.45) is 0 Å². The van der Waals surface area contributed by atoms with Crippen LogP contribution in [0.5, 0.6) is 5.75 Å². The summed E-state index contributed by atoms with van der Waals surface area (Å²) >= 11 is 0. The summed E-state index contributed by atoms with van der Waals surface area (Å²) in [5, 5.41) is 0. The first-order chi connectivity index (χ1) is 6.74. The van der Waals surface area contributed by atoms with Crippen molar-refractivity contribution in [2.75, 3.05) is 14.2 Å². The Morgan fingerprint density at radius 2 is 2.14 bits per heavy atom. The molecule has 0 aromatic heterocycles. The quantitative estimate of drug-likeness (QED) is 0.688. The summed E-state index contributed by atoms with van der Waals surface area (Å²) in [4.78, 5) is 11.3. The zero-order chi connectivity index (χ0) is 10.6. The summed E-state index contributed by atoms with van der Waals surface area (Å²) in [5.41, 5.74) is 1.18. The second-order valence-electron chi connectivity index (χ2n) is 2.62. The Morgan fingerprint density at radius 1 is 1.43 bits per heavy atom. The average Bonchev–Trinajstić information content (AvgIpc) is 2.26. The molecule has 0 unspecified atom stereocenters. The van der Waals surface area contributed by atoms with Crippen LogP contribution in [0.25, 0.3) is 6.08 Å². The van der Waals surface area contributed by atoms with Gasteiger partial charge in [0.2, 0.25) is 0 Å². The van der Waals surface area contributed by atoms with Gasteiger partial charge in [-0.15, -0.1) is 0 Å². The Morgan fingerprint density at radius 3 is 2.64 bits per heavy atom. The molecule has 0 fully saturated rings. The van der Waals surface area contributed by atoms with Crippen LogP contribution in [0.4, 0.5) is 0 Å². The van der Waals surface area contributed by atoms with E-state index in [9.17, 15) is 4.79 Å². The van der Waals surface area contributed by atoms with Gasteiger partial charge in [-0.25, -0.2) is 4.79 Å². The van der Waals surface area contributed by atoms with E-state index in [-0.39, 0.29) is 0 Å². The fraction of sp³-hybridized carbons (Fsp3) is 0.182. The fourth-order valence-electron chi connectivity index (χ4n) is 1.21. The summed E-state index contributed by atoms with van der Waals surface area (Å²) in [6, 6.07) is 5.22. The van der Waals surface area contributed by atoms with E-state index in [4.69, 9.17) is 4.74 Å². The minimum atomic E-state index is -0.412. The number of hydrogen-bond donors (Lipinski definition) is 0. The third-order valence-corrected chi connectivity index (χ3v) is 1.87. The van der Waals surface area contributed by atoms with Crippen LogP contribution < -0.4 is 4.74 Å². The molecule has 1 aromatic carbocycles. The number of benzene rings is 1. The van der Waals surface area contributed by atoms with Gasteiger partial charge in [0.15, 0.2) is 0 Å². The van der Waals surface area contributed by atoms with E-state index in [2.05, 4.69) is 11.3 Å². The number of hydrogen-bond acceptors (Lipinski definition) is 3. The lowest BCUT2D eigenvalue weighted by Crippen LogP contribution is -2.04. The van der Waals surface area contributed by atoms with Crippen LogP contribution in [0.2, 0.25) is 0 Å². The maximum absolute atomic E-state index is 11.3. The SMILES string of the molecule is C=Cc1cccc(C(=O)OC)c1OC. The first-order valence-electron chi connectivity index (χ1n) is 4.12. The molecule has 0 heterocycles. The molecule has 0 saturated heterocycles. The van der Waals surface area contributed by atoms with Crippen molar-refractivity contribution < 1.29 is 14.3 Å². The Bertz CT molecular complexity index is 356. The number of carbonyl (C=O) groups excluding carboxylic acids is 1. The molecule has 3 heteroatoms. The van der Waals surface area contributed by atoms with Gasteiger partial charge in [0.05, 0.1) is 14.2 Å². The third-order valence-electron chi connectivity index (χ3n) is 1.87. The predicted octanol–water partition coefficient (Wildman–Crippen LogP) is 2.12. The maximum Gasteiger partial charge on any atom is 0.341 e. The second kappa shape index (κ2) is 4.46. The Kier molecular flexibility index (Phi) is 3.29. The van der Waals surface area contributed by atoms with Crippen molar-refractivity contribution in [1.82, 2.24) is 0 Å². The topological polar surface area (TPSA) is 35.5 Å². The zero-order valence-corrected chi connectivity index (χ0v) is 8.24. The van der Waals surface area contributed by atoms with E-state index < -0.39 is 5.97 Å². The van der Waals surface area contributed by atoms with E-state index in [0.29, 0.717) is 11.3 Å². The number of carbonyl (C=O) groups is 1. The van der Waals surface area contributed by atoms with E-state index in [0.717, 1.165) is 5.56 Å². The highest BCUT2D eigenvalue weighted by atomic mass is 16.5. The molecule has 0 atom stereocenters. The van der Waals surface area contributed by atoms with Crippen LogP contribution in [0.3, 0.4) is 0 Å². The first-order valence-corrected chi connectivity index (χ1v) is 4.12. The molecule has 0 N–H and O–H groups in total. The van der Waals surface area contributed by atoms with Crippen molar-refractivity contribution >= 4 is 12.0 Å². The normalized spacial score (nSPS) is 9.29. The average molecular weight is 192 g/mol. The molecule has 0 bridgehead atoms. The van der Waals surface area contributed by atoms with Crippen LogP contribution in [-0.4, -0.2) is 20.2 Å². The molecule has 1 rings (SSSR count). The minimum absolute atomic E-state index is 0.410. The maximum atomic E-state index is 11.3. The molecular weight excluding hydrogens is 180 g/mol. The van der Waals surface area contributed by atoms with Gasteiger partial charge in [-0.1, -0.05) is 24.8 Å². The van der Waals surface area contributed by atoms with Crippen molar-refractivity contribution in [3.63, 3.8) is 0 Å². The highest BCUT2D eigenvalue weighted by molar-refractivity contribution is 5.93. The molecule has 0 aliphatic heterocycles. The lowest BCUT2D eigenvalue weighted by atomic mass is 10.1. The first kappa shape index (κ1) is 10.3. The van der Waals surface area contributed by atoms with Gasteiger partial charge < -0.3 is 9.47 Å². The molecule has 3 nitrogen and oxygen atoms in total. The van der Waals surface area contributed by atoms with Crippen molar-refractivity contribution in [3.8, 4) is 5.75 Å². The fourth-order valence-corrected chi connectivity index (χ4v) is 1.21. The summed E-state index contributed by atoms with van der Waals surface area (Å²) in [6.45, 7) is 3.63. The van der Waals surface area contributed by atoms with Gasteiger partial charge in [-0.3, -0.25) is 0 Å². The van der Waals surface area contributed by atoms with Crippen molar-refractivity contribution in [3.05, 3.63) is 35.9 Å². The van der Waals surface area contributed by atoms with Crippen molar-refractivity contribution in [1.29, 1.82) is 0 Å². The smallest absolute Gasteiger partial charge is 0.341 e. The summed E-state index contributed by atoms with van der Waals surface area (Å²) in [7, 11) is 2.84. The van der Waals surface area contributed by atoms with Gasteiger partial charge >= 0.3 is 5.97 Å². The van der Waals surface area contributed by atoms with Crippen LogP contribution >= 0.6 is 0 Å². The number of ether oxygens (including phenoxy) is 2. The van der Waals surface area contributed by atoms with Gasteiger partial charge in [0.25, 0.3) is 0 Å². The molecule has 0 spiro atoms. The molecule has 0 aliphatic carbocycles. The molecule has 0 saturated carbocycles. The van der Waals surface area contributed by atoms with E-state index in [1.807, 2.05) is 6.07 Å². The molecule has 0 radical (unpaired) electrons. The van der Waals surface area contributed by atoms with E-state index >= 15 is 0 Å². The number of methoxy groups -OCH3 is 2.